The van der Waals surface area contributed by atoms with Crippen molar-refractivity contribution >= 4 is 11.6 Å². The van der Waals surface area contributed by atoms with Crippen LogP contribution < -0.4 is 20.1 Å². The highest BCUT2D eigenvalue weighted by molar-refractivity contribution is 5.91. The molecule has 174 valence electrons. The van der Waals surface area contributed by atoms with Crippen molar-refractivity contribution in [1.29, 1.82) is 0 Å². The van der Waals surface area contributed by atoms with E-state index in [1.807, 2.05) is 62.4 Å². The monoisotopic (exact) mass is 446 g/mol. The highest BCUT2D eigenvalue weighted by Gasteiger charge is 2.11. The van der Waals surface area contributed by atoms with Crippen LogP contribution in [0, 0.1) is 6.92 Å². The second-order valence-corrected chi connectivity index (χ2v) is 8.22. The summed E-state index contributed by atoms with van der Waals surface area (Å²) >= 11 is 0. The zero-order chi connectivity index (χ0) is 23.5. The number of rotatable bonds is 12. The highest BCUT2D eigenvalue weighted by Crippen LogP contribution is 2.28. The lowest BCUT2D eigenvalue weighted by Gasteiger charge is -2.16. The Hall–Kier alpha value is -3.31. The molecule has 0 heterocycles. The summed E-state index contributed by atoms with van der Waals surface area (Å²) in [7, 11) is 0. The molecular weight excluding hydrogens is 412 g/mol. The van der Waals surface area contributed by atoms with Crippen LogP contribution >= 0.6 is 0 Å². The summed E-state index contributed by atoms with van der Waals surface area (Å²) in [6.07, 6.45) is 2.12. The van der Waals surface area contributed by atoms with E-state index in [0.29, 0.717) is 24.1 Å². The molecule has 2 N–H and O–H groups in total. The van der Waals surface area contributed by atoms with Crippen molar-refractivity contribution in [3.63, 3.8) is 0 Å². The maximum atomic E-state index is 12.3. The molecule has 0 bridgehead atoms. The van der Waals surface area contributed by atoms with Gasteiger partial charge in [0.25, 0.3) is 5.91 Å². The number of carbonyl (C=O) groups excluding carboxylic acids is 1. The Bertz CT molecular complexity index is 1000. The van der Waals surface area contributed by atoms with E-state index < -0.39 is 0 Å². The molecule has 5 nitrogen and oxygen atoms in total. The standard InChI is InChI=1S/C28H34N2O3/c1-4-32-27-18-24(19-29-22(3)12-13-23-8-6-5-7-9-23)14-17-26(27)33-20-28(31)30-25-15-10-21(2)11-16-25/h5-11,14-18,22,29H,4,12-13,19-20H2,1-3H3,(H,30,31)/t22-/m0/s1. The minimum atomic E-state index is -0.209. The molecule has 0 aliphatic carbocycles. The van der Waals surface area contributed by atoms with Crippen molar-refractivity contribution < 1.29 is 14.3 Å². The molecule has 5 heteroatoms. The van der Waals surface area contributed by atoms with Crippen LogP contribution in [-0.2, 0) is 17.8 Å². The number of nitrogens with one attached hydrogen (secondary N) is 2. The van der Waals surface area contributed by atoms with Crippen LogP contribution in [0.2, 0.25) is 0 Å². The average molecular weight is 447 g/mol. The van der Waals surface area contributed by atoms with E-state index in [1.54, 1.807) is 0 Å². The van der Waals surface area contributed by atoms with Gasteiger partial charge in [0, 0.05) is 18.3 Å². The second kappa shape index (κ2) is 12.7. The molecule has 0 saturated carbocycles. The maximum Gasteiger partial charge on any atom is 0.262 e. The van der Waals surface area contributed by atoms with E-state index in [0.717, 1.165) is 36.2 Å². The van der Waals surface area contributed by atoms with E-state index in [-0.39, 0.29) is 12.5 Å². The minimum absolute atomic E-state index is 0.0813. The fourth-order valence-corrected chi connectivity index (χ4v) is 3.45. The molecule has 1 atom stereocenters. The lowest BCUT2D eigenvalue weighted by Crippen LogP contribution is -2.26. The first-order chi connectivity index (χ1) is 16.0. The number of ether oxygens (including phenoxy) is 2. The van der Waals surface area contributed by atoms with Gasteiger partial charge in [-0.05, 0) is 69.0 Å². The van der Waals surface area contributed by atoms with Crippen molar-refractivity contribution in [2.45, 2.75) is 46.2 Å². The number of hydrogen-bond donors (Lipinski definition) is 2. The third kappa shape index (κ3) is 8.28. The van der Waals surface area contributed by atoms with Gasteiger partial charge in [0.15, 0.2) is 18.1 Å². The molecule has 3 aromatic rings. The zero-order valence-corrected chi connectivity index (χ0v) is 19.8. The Morgan fingerprint density at radius 2 is 1.67 bits per heavy atom. The van der Waals surface area contributed by atoms with Gasteiger partial charge >= 0.3 is 0 Å². The molecule has 3 rings (SSSR count). The normalized spacial score (nSPS) is 11.6. The highest BCUT2D eigenvalue weighted by atomic mass is 16.5. The Morgan fingerprint density at radius 3 is 2.39 bits per heavy atom. The van der Waals surface area contributed by atoms with E-state index in [1.165, 1.54) is 5.56 Å². The van der Waals surface area contributed by atoms with Crippen molar-refractivity contribution in [2.24, 2.45) is 0 Å². The smallest absolute Gasteiger partial charge is 0.262 e. The third-order valence-electron chi connectivity index (χ3n) is 5.37. The van der Waals surface area contributed by atoms with Gasteiger partial charge in [0.2, 0.25) is 0 Å². The number of anilines is 1. The molecule has 0 unspecified atom stereocenters. The molecule has 1 amide bonds. The van der Waals surface area contributed by atoms with Crippen LogP contribution in [0.4, 0.5) is 5.69 Å². The molecule has 0 spiro atoms. The van der Waals surface area contributed by atoms with Gasteiger partial charge in [-0.3, -0.25) is 4.79 Å². The summed E-state index contributed by atoms with van der Waals surface area (Å²) in [4.78, 5) is 12.3. The first-order valence-electron chi connectivity index (χ1n) is 11.6. The van der Waals surface area contributed by atoms with Gasteiger partial charge in [-0.15, -0.1) is 0 Å². The molecule has 0 saturated heterocycles. The van der Waals surface area contributed by atoms with E-state index in [4.69, 9.17) is 9.47 Å². The summed E-state index contributed by atoms with van der Waals surface area (Å²) < 4.78 is 11.5. The van der Waals surface area contributed by atoms with Crippen LogP contribution in [0.1, 0.15) is 37.0 Å². The number of amides is 1. The van der Waals surface area contributed by atoms with Crippen molar-refractivity contribution in [1.82, 2.24) is 5.32 Å². The molecule has 3 aromatic carbocycles. The maximum absolute atomic E-state index is 12.3. The summed E-state index contributed by atoms with van der Waals surface area (Å²) in [5.74, 6) is 1.01. The number of hydrogen-bond acceptors (Lipinski definition) is 4. The zero-order valence-electron chi connectivity index (χ0n) is 19.8. The molecule has 0 radical (unpaired) electrons. The Balaban J connectivity index is 1.50. The number of aryl methyl sites for hydroxylation is 2. The van der Waals surface area contributed by atoms with Crippen molar-refractivity contribution in [3.8, 4) is 11.5 Å². The fraction of sp³-hybridized carbons (Fsp3) is 0.321. The van der Waals surface area contributed by atoms with E-state index in [2.05, 4.69) is 41.8 Å². The van der Waals surface area contributed by atoms with Crippen molar-refractivity contribution in [2.75, 3.05) is 18.5 Å². The Labute approximate surface area is 197 Å². The molecule has 0 aromatic heterocycles. The first-order valence-corrected chi connectivity index (χ1v) is 11.6. The average Bonchev–Trinajstić information content (AvgIpc) is 2.83. The predicted octanol–water partition coefficient (Wildman–Crippen LogP) is 5.52. The molecule has 33 heavy (non-hydrogen) atoms. The van der Waals surface area contributed by atoms with Crippen LogP contribution in [-0.4, -0.2) is 25.2 Å². The summed E-state index contributed by atoms with van der Waals surface area (Å²) in [5, 5.41) is 6.42. The molecule has 0 aliphatic heterocycles. The van der Waals surface area contributed by atoms with Crippen LogP contribution in [0.5, 0.6) is 11.5 Å². The van der Waals surface area contributed by atoms with E-state index in [9.17, 15) is 4.79 Å². The number of carbonyl (C=O) groups is 1. The number of benzene rings is 3. The van der Waals surface area contributed by atoms with Gasteiger partial charge < -0.3 is 20.1 Å². The van der Waals surface area contributed by atoms with Gasteiger partial charge in [0.05, 0.1) is 6.61 Å². The first kappa shape index (κ1) is 24.3. The van der Waals surface area contributed by atoms with E-state index >= 15 is 0 Å². The predicted molar refractivity (Wildman–Crippen MR) is 134 cm³/mol. The van der Waals surface area contributed by atoms with Crippen LogP contribution in [0.3, 0.4) is 0 Å². The SMILES string of the molecule is CCOc1cc(CN[C@@H](C)CCc2ccccc2)ccc1OCC(=O)Nc1ccc(C)cc1. The molecule has 0 fully saturated rings. The van der Waals surface area contributed by atoms with Crippen molar-refractivity contribution in [3.05, 3.63) is 89.5 Å². The van der Waals surface area contributed by atoms with Gasteiger partial charge in [-0.25, -0.2) is 0 Å². The second-order valence-electron chi connectivity index (χ2n) is 8.22. The topological polar surface area (TPSA) is 59.6 Å². The Kier molecular flexibility index (Phi) is 9.33. The van der Waals surface area contributed by atoms with Crippen LogP contribution in [0.15, 0.2) is 72.8 Å². The van der Waals surface area contributed by atoms with Gasteiger partial charge in [-0.1, -0.05) is 54.1 Å². The summed E-state index contributed by atoms with van der Waals surface area (Å²) in [5.41, 5.74) is 4.37. The van der Waals surface area contributed by atoms with Gasteiger partial charge in [-0.2, -0.15) is 0 Å². The largest absolute Gasteiger partial charge is 0.490 e. The lowest BCUT2D eigenvalue weighted by atomic mass is 10.1. The Morgan fingerprint density at radius 1 is 0.909 bits per heavy atom. The molecule has 0 aliphatic rings. The molecular formula is C28H34N2O3. The third-order valence-corrected chi connectivity index (χ3v) is 5.37. The van der Waals surface area contributed by atoms with Gasteiger partial charge in [0.1, 0.15) is 0 Å². The fourth-order valence-electron chi connectivity index (χ4n) is 3.45. The minimum Gasteiger partial charge on any atom is -0.490 e. The summed E-state index contributed by atoms with van der Waals surface area (Å²) in [6.45, 7) is 7.33. The summed E-state index contributed by atoms with van der Waals surface area (Å²) in [6, 6.07) is 24.5. The lowest BCUT2D eigenvalue weighted by molar-refractivity contribution is -0.118. The van der Waals surface area contributed by atoms with Crippen LogP contribution in [0.25, 0.3) is 0 Å². The quantitative estimate of drug-likeness (QED) is 0.384.